The van der Waals surface area contributed by atoms with Crippen molar-refractivity contribution in [2.75, 3.05) is 7.11 Å². The maximum absolute atomic E-state index is 6.46. The van der Waals surface area contributed by atoms with Crippen LogP contribution in [0.25, 0.3) is 0 Å². The Hall–Kier alpha value is -1.80. The lowest BCUT2D eigenvalue weighted by Crippen LogP contribution is -2.13. The van der Waals surface area contributed by atoms with Crippen molar-refractivity contribution >= 4 is 0 Å². The number of hydrogen-bond acceptors (Lipinski definition) is 2. The number of aryl methyl sites for hydroxylation is 3. The topological polar surface area (TPSA) is 35.2 Å². The standard InChI is InChI=1S/C18H21NO/c1-12-10-16(20-2)8-9-17(12)18(19)15-7-6-13-4-3-5-14(13)11-15/h6-11,18H,3-5,19H2,1-2H3. The van der Waals surface area contributed by atoms with E-state index in [1.165, 1.54) is 47.1 Å². The lowest BCUT2D eigenvalue weighted by Gasteiger charge is -2.17. The van der Waals surface area contributed by atoms with Gasteiger partial charge in [-0.2, -0.15) is 0 Å². The molecule has 0 fully saturated rings. The van der Waals surface area contributed by atoms with Gasteiger partial charge in [0.2, 0.25) is 0 Å². The molecule has 0 saturated carbocycles. The minimum atomic E-state index is -0.0631. The summed E-state index contributed by atoms with van der Waals surface area (Å²) in [4.78, 5) is 0. The molecule has 0 heterocycles. The maximum Gasteiger partial charge on any atom is 0.119 e. The molecule has 1 atom stereocenters. The van der Waals surface area contributed by atoms with E-state index in [0.717, 1.165) is 5.75 Å². The van der Waals surface area contributed by atoms with Gasteiger partial charge in [-0.3, -0.25) is 0 Å². The van der Waals surface area contributed by atoms with Gasteiger partial charge in [-0.15, -0.1) is 0 Å². The van der Waals surface area contributed by atoms with Crippen LogP contribution in [-0.4, -0.2) is 7.11 Å². The number of rotatable bonds is 3. The van der Waals surface area contributed by atoms with E-state index in [1.54, 1.807) is 7.11 Å². The zero-order chi connectivity index (χ0) is 14.1. The largest absolute Gasteiger partial charge is 0.497 e. The second kappa shape index (κ2) is 5.29. The Bertz CT molecular complexity index is 633. The third kappa shape index (κ3) is 2.32. The van der Waals surface area contributed by atoms with Crippen molar-refractivity contribution in [3.05, 3.63) is 64.2 Å². The number of ether oxygens (including phenoxy) is 1. The summed E-state index contributed by atoms with van der Waals surface area (Å²) in [5.74, 6) is 0.882. The van der Waals surface area contributed by atoms with Gasteiger partial charge in [0, 0.05) is 0 Å². The Morgan fingerprint density at radius 2 is 1.85 bits per heavy atom. The molecule has 0 spiro atoms. The third-order valence-corrected chi connectivity index (χ3v) is 4.29. The van der Waals surface area contributed by atoms with Gasteiger partial charge < -0.3 is 10.5 Å². The number of nitrogens with two attached hydrogens (primary N) is 1. The summed E-state index contributed by atoms with van der Waals surface area (Å²) in [6.07, 6.45) is 3.68. The summed E-state index contributed by atoms with van der Waals surface area (Å²) in [6.45, 7) is 2.09. The average molecular weight is 267 g/mol. The quantitative estimate of drug-likeness (QED) is 0.923. The molecule has 3 rings (SSSR count). The Kier molecular flexibility index (Phi) is 3.49. The van der Waals surface area contributed by atoms with Crippen LogP contribution < -0.4 is 10.5 Å². The fraction of sp³-hybridized carbons (Fsp3) is 0.333. The fourth-order valence-corrected chi connectivity index (χ4v) is 3.09. The van der Waals surface area contributed by atoms with E-state index < -0.39 is 0 Å². The Morgan fingerprint density at radius 3 is 2.60 bits per heavy atom. The predicted octanol–water partition coefficient (Wildman–Crippen LogP) is 3.54. The summed E-state index contributed by atoms with van der Waals surface area (Å²) in [5, 5.41) is 0. The van der Waals surface area contributed by atoms with Crippen molar-refractivity contribution in [1.29, 1.82) is 0 Å². The van der Waals surface area contributed by atoms with E-state index in [9.17, 15) is 0 Å². The molecule has 0 aromatic heterocycles. The first-order valence-electron chi connectivity index (χ1n) is 7.21. The summed E-state index contributed by atoms with van der Waals surface area (Å²) >= 11 is 0. The predicted molar refractivity (Wildman–Crippen MR) is 82.2 cm³/mol. The van der Waals surface area contributed by atoms with Gasteiger partial charge in [0.05, 0.1) is 13.2 Å². The van der Waals surface area contributed by atoms with Crippen molar-refractivity contribution in [2.24, 2.45) is 5.73 Å². The van der Waals surface area contributed by atoms with Crippen LogP contribution in [-0.2, 0) is 12.8 Å². The third-order valence-electron chi connectivity index (χ3n) is 4.29. The smallest absolute Gasteiger partial charge is 0.119 e. The van der Waals surface area contributed by atoms with Crippen LogP contribution in [0, 0.1) is 6.92 Å². The molecule has 2 aromatic rings. The van der Waals surface area contributed by atoms with Crippen molar-refractivity contribution < 1.29 is 4.74 Å². The zero-order valence-corrected chi connectivity index (χ0v) is 12.1. The molecule has 0 radical (unpaired) electrons. The van der Waals surface area contributed by atoms with Crippen LogP contribution in [0.15, 0.2) is 36.4 Å². The number of hydrogen-bond donors (Lipinski definition) is 1. The van der Waals surface area contributed by atoms with Crippen LogP contribution in [0.4, 0.5) is 0 Å². The molecular formula is C18H21NO. The molecule has 2 N–H and O–H groups in total. The SMILES string of the molecule is COc1ccc(C(N)c2ccc3c(c2)CCC3)c(C)c1. The van der Waals surface area contributed by atoms with Crippen LogP contribution in [0.5, 0.6) is 5.75 Å². The van der Waals surface area contributed by atoms with E-state index in [1.807, 2.05) is 12.1 Å². The van der Waals surface area contributed by atoms with Gasteiger partial charge in [-0.05, 0) is 66.1 Å². The highest BCUT2D eigenvalue weighted by atomic mass is 16.5. The Labute approximate surface area is 120 Å². The molecule has 20 heavy (non-hydrogen) atoms. The average Bonchev–Trinajstić information content (AvgIpc) is 2.93. The molecule has 0 amide bonds. The van der Waals surface area contributed by atoms with E-state index in [0.29, 0.717) is 0 Å². The monoisotopic (exact) mass is 267 g/mol. The summed E-state index contributed by atoms with van der Waals surface area (Å²) < 4.78 is 5.26. The molecule has 1 aliphatic carbocycles. The number of fused-ring (bicyclic) bond motifs is 1. The van der Waals surface area contributed by atoms with E-state index in [4.69, 9.17) is 10.5 Å². The Balaban J connectivity index is 1.94. The van der Waals surface area contributed by atoms with Crippen LogP contribution >= 0.6 is 0 Å². The van der Waals surface area contributed by atoms with Crippen LogP contribution in [0.1, 0.15) is 40.3 Å². The molecule has 2 aromatic carbocycles. The maximum atomic E-state index is 6.46. The highest BCUT2D eigenvalue weighted by Crippen LogP contribution is 2.29. The molecule has 2 nitrogen and oxygen atoms in total. The highest BCUT2D eigenvalue weighted by Gasteiger charge is 2.16. The van der Waals surface area contributed by atoms with Crippen molar-refractivity contribution in [3.8, 4) is 5.75 Å². The lowest BCUT2D eigenvalue weighted by atomic mass is 9.93. The highest BCUT2D eigenvalue weighted by molar-refractivity contribution is 5.43. The van der Waals surface area contributed by atoms with Gasteiger partial charge in [-0.25, -0.2) is 0 Å². The first kappa shape index (κ1) is 13.2. The number of benzene rings is 2. The zero-order valence-electron chi connectivity index (χ0n) is 12.1. The summed E-state index contributed by atoms with van der Waals surface area (Å²) in [7, 11) is 1.69. The second-order valence-electron chi connectivity index (χ2n) is 5.58. The lowest BCUT2D eigenvalue weighted by molar-refractivity contribution is 0.414. The van der Waals surface area contributed by atoms with Gasteiger partial charge in [0.15, 0.2) is 0 Å². The van der Waals surface area contributed by atoms with Gasteiger partial charge in [-0.1, -0.05) is 24.3 Å². The molecular weight excluding hydrogens is 246 g/mol. The molecule has 2 heteroatoms. The van der Waals surface area contributed by atoms with Gasteiger partial charge in [0.25, 0.3) is 0 Å². The summed E-state index contributed by atoms with van der Waals surface area (Å²) in [6, 6.07) is 12.8. The molecule has 1 unspecified atom stereocenters. The van der Waals surface area contributed by atoms with Gasteiger partial charge >= 0.3 is 0 Å². The Morgan fingerprint density at radius 1 is 1.05 bits per heavy atom. The molecule has 104 valence electrons. The molecule has 0 aliphatic heterocycles. The van der Waals surface area contributed by atoms with Crippen molar-refractivity contribution in [3.63, 3.8) is 0 Å². The number of methoxy groups -OCH3 is 1. The fourth-order valence-electron chi connectivity index (χ4n) is 3.09. The van der Waals surface area contributed by atoms with E-state index in [2.05, 4.69) is 31.2 Å². The minimum Gasteiger partial charge on any atom is -0.497 e. The van der Waals surface area contributed by atoms with Crippen molar-refractivity contribution in [2.45, 2.75) is 32.2 Å². The van der Waals surface area contributed by atoms with E-state index in [-0.39, 0.29) is 6.04 Å². The minimum absolute atomic E-state index is 0.0631. The van der Waals surface area contributed by atoms with Crippen LogP contribution in [0.3, 0.4) is 0 Å². The normalized spacial score (nSPS) is 14.9. The second-order valence-corrected chi connectivity index (χ2v) is 5.58. The van der Waals surface area contributed by atoms with E-state index >= 15 is 0 Å². The van der Waals surface area contributed by atoms with Gasteiger partial charge in [0.1, 0.15) is 5.75 Å². The molecule has 1 aliphatic rings. The summed E-state index contributed by atoms with van der Waals surface area (Å²) in [5.41, 5.74) is 13.0. The first-order valence-corrected chi connectivity index (χ1v) is 7.21. The molecule has 0 bridgehead atoms. The van der Waals surface area contributed by atoms with Crippen molar-refractivity contribution in [1.82, 2.24) is 0 Å². The molecule has 0 saturated heterocycles. The first-order chi connectivity index (χ1) is 9.69. The van der Waals surface area contributed by atoms with Crippen LogP contribution in [0.2, 0.25) is 0 Å².